The molecule has 1 atom stereocenters. The quantitative estimate of drug-likeness (QED) is 0.0263. The minimum Gasteiger partial charge on any atom is -0.462 e. The maximum absolute atomic E-state index is 12.8. The minimum atomic E-state index is -0.805. The van der Waals surface area contributed by atoms with Crippen molar-refractivity contribution in [2.24, 2.45) is 0 Å². The first-order chi connectivity index (χ1) is 30.0. The molecule has 0 radical (unpaired) electrons. The zero-order valence-corrected chi connectivity index (χ0v) is 39.9. The number of hydrogen-bond donors (Lipinski definition) is 0. The van der Waals surface area contributed by atoms with Gasteiger partial charge in [0.2, 0.25) is 0 Å². The second-order valence-corrected chi connectivity index (χ2v) is 16.7. The molecule has 6 nitrogen and oxygen atoms in total. The molecular formula is C55H94O6. The first-order valence-electron chi connectivity index (χ1n) is 25.4. The lowest BCUT2D eigenvalue weighted by Crippen LogP contribution is -2.30. The predicted octanol–water partition coefficient (Wildman–Crippen LogP) is 16.6. The molecule has 0 aliphatic rings. The van der Waals surface area contributed by atoms with Crippen LogP contribution in [0.1, 0.15) is 239 Å². The van der Waals surface area contributed by atoms with E-state index in [1.807, 2.05) is 0 Å². The van der Waals surface area contributed by atoms with E-state index in [0.29, 0.717) is 19.3 Å². The average Bonchev–Trinajstić information content (AvgIpc) is 3.26. The van der Waals surface area contributed by atoms with Crippen molar-refractivity contribution in [3.63, 3.8) is 0 Å². The van der Waals surface area contributed by atoms with Gasteiger partial charge in [-0.2, -0.15) is 0 Å². The molecule has 0 saturated carbocycles. The fourth-order valence-electron chi connectivity index (χ4n) is 6.88. The molecule has 0 aromatic heterocycles. The van der Waals surface area contributed by atoms with E-state index in [4.69, 9.17) is 14.2 Å². The standard InChI is InChI=1S/C55H94O6/c1-4-7-10-13-16-19-22-24-26-27-29-31-34-37-40-43-46-49-55(58)61-52(50-59-53(56)47-44-41-38-35-32-21-18-15-12-9-6-3)51-60-54(57)48-45-42-39-36-33-30-28-25-23-20-17-14-11-8-5-2/h7,10,16,19,24-26,28-29,31,37,40,52H,4-6,8-9,11-15,17-18,20-23,27,30,32-36,38-39,41-51H2,1-3H3/b10-7-,19-16-,26-24-,28-25-,31-29-,40-37-/t52-/m0/s1. The number of esters is 3. The van der Waals surface area contributed by atoms with Gasteiger partial charge in [-0.1, -0.05) is 209 Å². The van der Waals surface area contributed by atoms with Crippen molar-refractivity contribution in [1.82, 2.24) is 0 Å². The number of carbonyl (C=O) groups is 3. The summed E-state index contributed by atoms with van der Waals surface area (Å²) in [4.78, 5) is 37.9. The lowest BCUT2D eigenvalue weighted by atomic mass is 10.1. The van der Waals surface area contributed by atoms with Gasteiger partial charge in [0.15, 0.2) is 6.10 Å². The highest BCUT2D eigenvalue weighted by molar-refractivity contribution is 5.71. The van der Waals surface area contributed by atoms with Gasteiger partial charge in [0.1, 0.15) is 13.2 Å². The molecule has 0 aromatic carbocycles. The van der Waals surface area contributed by atoms with Gasteiger partial charge >= 0.3 is 17.9 Å². The SMILES string of the molecule is CC/C=C\C/C=C\C/C=C\C/C=C\C/C=C\CCCC(=O)O[C@H](COC(=O)CCCCCCC/C=C\CCCCCCCC)COC(=O)CCCCCCCCCCCCC. The molecule has 0 saturated heterocycles. The monoisotopic (exact) mass is 851 g/mol. The van der Waals surface area contributed by atoms with E-state index in [9.17, 15) is 14.4 Å². The van der Waals surface area contributed by atoms with Crippen LogP contribution in [0.25, 0.3) is 0 Å². The Morgan fingerprint density at radius 3 is 1.07 bits per heavy atom. The Hall–Kier alpha value is -3.15. The number of hydrogen-bond acceptors (Lipinski definition) is 6. The van der Waals surface area contributed by atoms with Crippen molar-refractivity contribution >= 4 is 17.9 Å². The molecule has 0 aliphatic carbocycles. The first-order valence-corrected chi connectivity index (χ1v) is 25.4. The van der Waals surface area contributed by atoms with Gasteiger partial charge in [-0.05, 0) is 83.5 Å². The highest BCUT2D eigenvalue weighted by Gasteiger charge is 2.19. The van der Waals surface area contributed by atoms with Crippen molar-refractivity contribution in [3.8, 4) is 0 Å². The Morgan fingerprint density at radius 2 is 0.656 bits per heavy atom. The van der Waals surface area contributed by atoms with E-state index in [2.05, 4.69) is 93.7 Å². The summed E-state index contributed by atoms with van der Waals surface area (Å²) in [5.74, 6) is -0.966. The Labute approximate surface area is 376 Å². The number of ether oxygens (including phenoxy) is 3. The van der Waals surface area contributed by atoms with E-state index in [1.165, 1.54) is 109 Å². The molecule has 0 bridgehead atoms. The molecule has 0 aliphatic heterocycles. The maximum Gasteiger partial charge on any atom is 0.306 e. The molecular weight excluding hydrogens is 757 g/mol. The number of rotatable bonds is 45. The highest BCUT2D eigenvalue weighted by Crippen LogP contribution is 2.14. The van der Waals surface area contributed by atoms with Crippen LogP contribution in [0.4, 0.5) is 0 Å². The smallest absolute Gasteiger partial charge is 0.306 e. The predicted molar refractivity (Wildman–Crippen MR) is 261 cm³/mol. The van der Waals surface area contributed by atoms with E-state index in [-0.39, 0.29) is 37.5 Å². The Morgan fingerprint density at radius 1 is 0.344 bits per heavy atom. The van der Waals surface area contributed by atoms with Gasteiger partial charge in [0.25, 0.3) is 0 Å². The number of unbranched alkanes of at least 4 members (excludes halogenated alkanes) is 22. The largest absolute Gasteiger partial charge is 0.462 e. The average molecular weight is 851 g/mol. The summed E-state index contributed by atoms with van der Waals surface area (Å²) < 4.78 is 16.7. The summed E-state index contributed by atoms with van der Waals surface area (Å²) in [6.45, 7) is 6.46. The van der Waals surface area contributed by atoms with E-state index >= 15 is 0 Å². The van der Waals surface area contributed by atoms with Gasteiger partial charge in [-0.3, -0.25) is 14.4 Å². The van der Waals surface area contributed by atoms with Crippen LogP contribution in [-0.4, -0.2) is 37.2 Å². The normalized spacial score (nSPS) is 12.6. The molecule has 350 valence electrons. The summed E-state index contributed by atoms with van der Waals surface area (Å²) >= 11 is 0. The topological polar surface area (TPSA) is 78.9 Å². The Bertz CT molecular complexity index is 1160. The van der Waals surface area contributed by atoms with E-state index in [0.717, 1.165) is 83.5 Å². The van der Waals surface area contributed by atoms with Gasteiger partial charge < -0.3 is 14.2 Å². The molecule has 0 rings (SSSR count). The summed E-state index contributed by atoms with van der Waals surface area (Å²) in [6.07, 6.45) is 61.7. The van der Waals surface area contributed by atoms with Crippen molar-refractivity contribution in [1.29, 1.82) is 0 Å². The molecule has 0 heterocycles. The second-order valence-electron chi connectivity index (χ2n) is 16.7. The fourth-order valence-corrected chi connectivity index (χ4v) is 6.88. The summed E-state index contributed by atoms with van der Waals surface area (Å²) in [7, 11) is 0. The number of allylic oxidation sites excluding steroid dienone is 12. The minimum absolute atomic E-state index is 0.0991. The fraction of sp³-hybridized carbons (Fsp3) is 0.727. The molecule has 6 heteroatoms. The number of carbonyl (C=O) groups excluding carboxylic acids is 3. The molecule has 0 amide bonds. The van der Waals surface area contributed by atoms with Crippen LogP contribution in [0.2, 0.25) is 0 Å². The molecule has 0 N–H and O–H groups in total. The van der Waals surface area contributed by atoms with E-state index < -0.39 is 6.10 Å². The summed E-state index contributed by atoms with van der Waals surface area (Å²) in [5, 5.41) is 0. The molecule has 61 heavy (non-hydrogen) atoms. The van der Waals surface area contributed by atoms with Gasteiger partial charge in [-0.15, -0.1) is 0 Å². The van der Waals surface area contributed by atoms with Crippen LogP contribution < -0.4 is 0 Å². The van der Waals surface area contributed by atoms with Crippen LogP contribution in [0.5, 0.6) is 0 Å². The van der Waals surface area contributed by atoms with Crippen LogP contribution in [0.15, 0.2) is 72.9 Å². The Kier molecular flexibility index (Phi) is 46.9. The Balaban J connectivity index is 4.48. The van der Waals surface area contributed by atoms with Crippen molar-refractivity contribution < 1.29 is 28.6 Å². The molecule has 0 aromatic rings. The maximum atomic E-state index is 12.8. The van der Waals surface area contributed by atoms with Crippen LogP contribution in [-0.2, 0) is 28.6 Å². The van der Waals surface area contributed by atoms with Gasteiger partial charge in [0.05, 0.1) is 0 Å². The summed E-state index contributed by atoms with van der Waals surface area (Å²) in [5.41, 5.74) is 0. The lowest BCUT2D eigenvalue weighted by Gasteiger charge is -2.18. The lowest BCUT2D eigenvalue weighted by molar-refractivity contribution is -0.167. The molecule has 0 fully saturated rings. The highest BCUT2D eigenvalue weighted by atomic mass is 16.6. The van der Waals surface area contributed by atoms with Crippen molar-refractivity contribution in [2.45, 2.75) is 245 Å². The first kappa shape index (κ1) is 57.9. The third-order valence-corrected chi connectivity index (χ3v) is 10.7. The van der Waals surface area contributed by atoms with Crippen LogP contribution in [0.3, 0.4) is 0 Å². The van der Waals surface area contributed by atoms with Gasteiger partial charge in [-0.25, -0.2) is 0 Å². The van der Waals surface area contributed by atoms with Crippen LogP contribution in [0, 0.1) is 0 Å². The van der Waals surface area contributed by atoms with Crippen LogP contribution >= 0.6 is 0 Å². The third-order valence-electron chi connectivity index (χ3n) is 10.7. The molecule has 0 spiro atoms. The molecule has 0 unspecified atom stereocenters. The van der Waals surface area contributed by atoms with Crippen molar-refractivity contribution in [2.75, 3.05) is 13.2 Å². The van der Waals surface area contributed by atoms with E-state index in [1.54, 1.807) is 0 Å². The van der Waals surface area contributed by atoms with Crippen molar-refractivity contribution in [3.05, 3.63) is 72.9 Å². The van der Waals surface area contributed by atoms with Gasteiger partial charge in [0, 0.05) is 19.3 Å². The zero-order chi connectivity index (χ0) is 44.4. The second kappa shape index (κ2) is 49.5. The summed E-state index contributed by atoms with van der Waals surface area (Å²) in [6, 6.07) is 0. The third kappa shape index (κ3) is 47.7. The zero-order valence-electron chi connectivity index (χ0n) is 39.9.